The van der Waals surface area contributed by atoms with Crippen LogP contribution in [0.4, 0.5) is 5.95 Å². The number of carboxylic acids is 1. The Bertz CT molecular complexity index is 632. The van der Waals surface area contributed by atoms with Crippen LogP contribution in [0.2, 0.25) is 0 Å². The predicted octanol–water partition coefficient (Wildman–Crippen LogP) is 0.793. The number of carbonyl (C=O) groups is 1. The minimum Gasteiger partial charge on any atom is -0.478 e. The number of hydrogen-bond donors (Lipinski definition) is 2. The van der Waals surface area contributed by atoms with Gasteiger partial charge in [0.1, 0.15) is 5.82 Å². The van der Waals surface area contributed by atoms with E-state index in [-0.39, 0.29) is 5.56 Å². The van der Waals surface area contributed by atoms with Gasteiger partial charge in [0, 0.05) is 25.4 Å². The average molecular weight is 274 g/mol. The van der Waals surface area contributed by atoms with Crippen LogP contribution < -0.4 is 5.32 Å². The average Bonchev–Trinajstić information content (AvgIpc) is 3.21. The molecule has 2 aromatic heterocycles. The number of carboxylic acid groups (broad SMARTS) is 1. The van der Waals surface area contributed by atoms with Crippen molar-refractivity contribution in [1.29, 1.82) is 0 Å². The van der Waals surface area contributed by atoms with E-state index in [2.05, 4.69) is 25.4 Å². The summed E-state index contributed by atoms with van der Waals surface area (Å²) in [6, 6.07) is 0. The first kappa shape index (κ1) is 12.5. The van der Waals surface area contributed by atoms with Crippen LogP contribution in [0, 0.1) is 0 Å². The van der Waals surface area contributed by atoms with Gasteiger partial charge in [-0.1, -0.05) is 0 Å². The summed E-state index contributed by atoms with van der Waals surface area (Å²) in [5.74, 6) is 1.54. The Labute approximate surface area is 114 Å². The first-order valence-electron chi connectivity index (χ1n) is 6.32. The van der Waals surface area contributed by atoms with E-state index in [9.17, 15) is 4.79 Å². The van der Waals surface area contributed by atoms with Gasteiger partial charge < -0.3 is 10.4 Å². The molecule has 1 fully saturated rings. The zero-order chi connectivity index (χ0) is 14.1. The molecule has 0 atom stereocenters. The first-order valence-corrected chi connectivity index (χ1v) is 6.32. The fourth-order valence-corrected chi connectivity index (χ4v) is 1.79. The fraction of sp³-hybridized carbons (Fsp3) is 0.417. The molecular formula is C12H14N6O2. The number of hydrogen-bond acceptors (Lipinski definition) is 6. The van der Waals surface area contributed by atoms with E-state index in [1.54, 1.807) is 4.68 Å². The molecule has 8 heteroatoms. The van der Waals surface area contributed by atoms with E-state index in [1.807, 2.05) is 7.05 Å². The largest absolute Gasteiger partial charge is 0.478 e. The van der Waals surface area contributed by atoms with Crippen molar-refractivity contribution in [1.82, 2.24) is 24.7 Å². The monoisotopic (exact) mass is 274 g/mol. The minimum absolute atomic E-state index is 0.0604. The van der Waals surface area contributed by atoms with Gasteiger partial charge in [-0.3, -0.25) is 4.68 Å². The highest BCUT2D eigenvalue weighted by molar-refractivity contribution is 5.86. The number of aromatic carboxylic acids is 1. The van der Waals surface area contributed by atoms with Gasteiger partial charge in [0.2, 0.25) is 5.95 Å². The van der Waals surface area contributed by atoms with Crippen LogP contribution in [0.25, 0.3) is 0 Å². The maximum absolute atomic E-state index is 10.7. The van der Waals surface area contributed by atoms with Gasteiger partial charge in [-0.15, -0.1) is 0 Å². The zero-order valence-electron chi connectivity index (χ0n) is 10.9. The van der Waals surface area contributed by atoms with Crippen molar-refractivity contribution in [3.05, 3.63) is 29.6 Å². The van der Waals surface area contributed by atoms with Crippen LogP contribution in [-0.4, -0.2) is 35.8 Å². The zero-order valence-corrected chi connectivity index (χ0v) is 10.9. The van der Waals surface area contributed by atoms with Gasteiger partial charge >= 0.3 is 5.97 Å². The van der Waals surface area contributed by atoms with E-state index in [0.29, 0.717) is 18.4 Å². The molecule has 0 spiro atoms. The van der Waals surface area contributed by atoms with Crippen molar-refractivity contribution in [2.45, 2.75) is 25.3 Å². The second kappa shape index (κ2) is 4.87. The lowest BCUT2D eigenvalue weighted by Gasteiger charge is -2.03. The SMILES string of the molecule is Cn1nc(C2CC2)nc1CNc1ncc(C(=O)O)cn1. The number of anilines is 1. The molecule has 2 N–H and O–H groups in total. The van der Waals surface area contributed by atoms with Gasteiger partial charge in [-0.25, -0.2) is 19.7 Å². The maximum atomic E-state index is 10.7. The number of aromatic nitrogens is 5. The van der Waals surface area contributed by atoms with Crippen LogP contribution in [-0.2, 0) is 13.6 Å². The molecule has 0 aliphatic heterocycles. The Morgan fingerprint density at radius 3 is 2.75 bits per heavy atom. The highest BCUT2D eigenvalue weighted by atomic mass is 16.4. The molecule has 0 bridgehead atoms. The Kier molecular flexibility index (Phi) is 3.05. The predicted molar refractivity (Wildman–Crippen MR) is 69.3 cm³/mol. The quantitative estimate of drug-likeness (QED) is 0.830. The number of aryl methyl sites for hydroxylation is 1. The lowest BCUT2D eigenvalue weighted by atomic mass is 10.3. The van der Waals surface area contributed by atoms with Crippen molar-refractivity contribution >= 4 is 11.9 Å². The summed E-state index contributed by atoms with van der Waals surface area (Å²) in [4.78, 5) is 23.0. The molecule has 104 valence electrons. The van der Waals surface area contributed by atoms with E-state index in [0.717, 1.165) is 24.5 Å². The molecule has 8 nitrogen and oxygen atoms in total. The van der Waals surface area contributed by atoms with Gasteiger partial charge in [0.25, 0.3) is 0 Å². The Morgan fingerprint density at radius 2 is 2.15 bits per heavy atom. The van der Waals surface area contributed by atoms with Crippen molar-refractivity contribution in [2.75, 3.05) is 5.32 Å². The third-order valence-electron chi connectivity index (χ3n) is 3.12. The molecule has 1 saturated carbocycles. The molecule has 3 rings (SSSR count). The Morgan fingerprint density at radius 1 is 1.45 bits per heavy atom. The standard InChI is InChI=1S/C12H14N6O2/c1-18-9(16-10(17-18)7-2-3-7)6-15-12-13-4-8(5-14-12)11(19)20/h4-5,7H,2-3,6H2,1H3,(H,19,20)(H,13,14,15). The molecule has 0 aromatic carbocycles. The molecule has 0 amide bonds. The molecule has 0 saturated heterocycles. The van der Waals surface area contributed by atoms with Crippen molar-refractivity contribution < 1.29 is 9.90 Å². The summed E-state index contributed by atoms with van der Waals surface area (Å²) in [6.45, 7) is 0.447. The second-order valence-electron chi connectivity index (χ2n) is 4.74. The van der Waals surface area contributed by atoms with Gasteiger partial charge in [0.15, 0.2) is 5.82 Å². The van der Waals surface area contributed by atoms with Crippen LogP contribution in [0.1, 0.15) is 40.8 Å². The molecule has 0 radical (unpaired) electrons. The second-order valence-corrected chi connectivity index (χ2v) is 4.74. The van der Waals surface area contributed by atoms with Crippen LogP contribution in [0.3, 0.4) is 0 Å². The summed E-state index contributed by atoms with van der Waals surface area (Å²) in [5.41, 5.74) is 0.0604. The van der Waals surface area contributed by atoms with Crippen molar-refractivity contribution in [2.24, 2.45) is 7.05 Å². The topological polar surface area (TPSA) is 106 Å². The highest BCUT2D eigenvalue weighted by Gasteiger charge is 2.28. The van der Waals surface area contributed by atoms with Gasteiger partial charge in [-0.2, -0.15) is 5.10 Å². The molecule has 1 aliphatic carbocycles. The van der Waals surface area contributed by atoms with Crippen LogP contribution in [0.15, 0.2) is 12.4 Å². The number of nitrogens with one attached hydrogen (secondary N) is 1. The lowest BCUT2D eigenvalue weighted by Crippen LogP contribution is -2.09. The molecule has 2 heterocycles. The van der Waals surface area contributed by atoms with Crippen LogP contribution >= 0.6 is 0 Å². The molecular weight excluding hydrogens is 260 g/mol. The van der Waals surface area contributed by atoms with Crippen molar-refractivity contribution in [3.8, 4) is 0 Å². The molecule has 1 aliphatic rings. The third kappa shape index (κ3) is 2.58. The Balaban J connectivity index is 1.65. The normalized spacial score (nSPS) is 14.2. The highest BCUT2D eigenvalue weighted by Crippen LogP contribution is 2.37. The lowest BCUT2D eigenvalue weighted by molar-refractivity contribution is 0.0696. The van der Waals surface area contributed by atoms with E-state index >= 15 is 0 Å². The van der Waals surface area contributed by atoms with E-state index in [4.69, 9.17) is 5.11 Å². The fourth-order valence-electron chi connectivity index (χ4n) is 1.79. The molecule has 20 heavy (non-hydrogen) atoms. The van der Waals surface area contributed by atoms with Crippen molar-refractivity contribution in [3.63, 3.8) is 0 Å². The minimum atomic E-state index is -1.04. The van der Waals surface area contributed by atoms with Gasteiger partial charge in [-0.05, 0) is 12.8 Å². The van der Waals surface area contributed by atoms with E-state index < -0.39 is 5.97 Å². The molecule has 0 unspecified atom stereocenters. The summed E-state index contributed by atoms with van der Waals surface area (Å²) >= 11 is 0. The number of rotatable bonds is 5. The maximum Gasteiger partial charge on any atom is 0.338 e. The van der Waals surface area contributed by atoms with Gasteiger partial charge in [0.05, 0.1) is 12.1 Å². The Hall–Kier alpha value is -2.51. The molecule has 2 aromatic rings. The summed E-state index contributed by atoms with van der Waals surface area (Å²) < 4.78 is 1.74. The smallest absolute Gasteiger partial charge is 0.338 e. The summed E-state index contributed by atoms with van der Waals surface area (Å²) in [7, 11) is 1.85. The first-order chi connectivity index (χ1) is 9.63. The number of nitrogens with zero attached hydrogens (tertiary/aromatic N) is 5. The van der Waals surface area contributed by atoms with E-state index in [1.165, 1.54) is 12.4 Å². The summed E-state index contributed by atoms with van der Waals surface area (Å²) in [6.07, 6.45) is 4.86. The van der Waals surface area contributed by atoms with Crippen LogP contribution in [0.5, 0.6) is 0 Å². The summed E-state index contributed by atoms with van der Waals surface area (Å²) in [5, 5.41) is 16.1. The third-order valence-corrected chi connectivity index (χ3v) is 3.12.